The molecule has 5 nitrogen and oxygen atoms in total. The third-order valence-corrected chi connectivity index (χ3v) is 11.1. The Morgan fingerprint density at radius 3 is 2.68 bits per heavy atom. The van der Waals surface area contributed by atoms with E-state index in [1.165, 1.54) is 62.5 Å². The normalized spacial score (nSPS) is 43.3. The molecule has 7 aliphatic rings. The van der Waals surface area contributed by atoms with E-state index < -0.39 is 6.10 Å². The van der Waals surface area contributed by atoms with Crippen LogP contribution in [0.2, 0.25) is 0 Å². The molecule has 2 heterocycles. The first-order valence-electron chi connectivity index (χ1n) is 14.9. The van der Waals surface area contributed by atoms with Gasteiger partial charge in [-0.3, -0.25) is 4.90 Å². The Morgan fingerprint density at radius 2 is 1.92 bits per heavy atom. The summed E-state index contributed by atoms with van der Waals surface area (Å²) in [6, 6.07) is 4.32. The zero-order valence-electron chi connectivity index (χ0n) is 23.2. The minimum absolute atomic E-state index is 0.00861. The molecule has 4 saturated carbocycles. The summed E-state index contributed by atoms with van der Waals surface area (Å²) in [5, 5.41) is 14.5. The molecule has 5 heteroatoms. The third kappa shape index (κ3) is 3.98. The van der Waals surface area contributed by atoms with Crippen LogP contribution >= 0.6 is 0 Å². The van der Waals surface area contributed by atoms with Gasteiger partial charge in [0.05, 0.1) is 18.6 Å². The monoisotopic (exact) mass is 506 g/mol. The van der Waals surface area contributed by atoms with Crippen LogP contribution in [0.5, 0.6) is 11.5 Å². The topological polar surface area (TPSA) is 54.0 Å². The van der Waals surface area contributed by atoms with Gasteiger partial charge in [0.2, 0.25) is 0 Å². The summed E-state index contributed by atoms with van der Waals surface area (Å²) in [5.74, 6) is 2.68. The maximum Gasteiger partial charge on any atom is 0.166 e. The summed E-state index contributed by atoms with van der Waals surface area (Å²) < 4.78 is 12.2. The Morgan fingerprint density at radius 1 is 1.11 bits per heavy atom. The molecule has 37 heavy (non-hydrogen) atoms. The van der Waals surface area contributed by atoms with Crippen molar-refractivity contribution in [1.82, 2.24) is 10.2 Å². The second-order valence-corrected chi connectivity index (χ2v) is 14.5. The highest BCUT2D eigenvalue weighted by Gasteiger charge is 2.59. The van der Waals surface area contributed by atoms with Crippen LogP contribution < -0.4 is 14.8 Å². The van der Waals surface area contributed by atoms with Gasteiger partial charge >= 0.3 is 0 Å². The molecule has 5 aliphatic carbocycles. The predicted octanol–water partition coefficient (Wildman–Crippen LogP) is 5.34. The lowest BCUT2D eigenvalue weighted by molar-refractivity contribution is -0.117. The van der Waals surface area contributed by atoms with Gasteiger partial charge in [-0.25, -0.2) is 0 Å². The van der Waals surface area contributed by atoms with Crippen molar-refractivity contribution in [2.24, 2.45) is 16.7 Å². The first-order chi connectivity index (χ1) is 17.7. The number of aliphatic hydroxyl groups is 1. The quantitative estimate of drug-likeness (QED) is 0.386. The Bertz CT molecular complexity index is 1080. The van der Waals surface area contributed by atoms with Crippen molar-refractivity contribution in [3.05, 3.63) is 35.4 Å². The fraction of sp³-hybridized carbons (Fsp3) is 0.750. The van der Waals surface area contributed by atoms with Crippen LogP contribution in [-0.4, -0.2) is 54.5 Å². The van der Waals surface area contributed by atoms with Crippen LogP contribution in [0.1, 0.15) is 89.2 Å². The zero-order chi connectivity index (χ0) is 25.5. The van der Waals surface area contributed by atoms with Crippen LogP contribution in [0.25, 0.3) is 0 Å². The van der Waals surface area contributed by atoms with E-state index in [0.29, 0.717) is 22.8 Å². The molecule has 0 amide bonds. The second-order valence-electron chi connectivity index (χ2n) is 14.5. The number of rotatable bonds is 7. The molecule has 2 N–H and O–H groups in total. The van der Waals surface area contributed by atoms with Gasteiger partial charge in [0.25, 0.3) is 0 Å². The lowest BCUT2D eigenvalue weighted by Crippen LogP contribution is -2.64. The summed E-state index contributed by atoms with van der Waals surface area (Å²) in [4.78, 5) is 2.65. The zero-order valence-corrected chi connectivity index (χ0v) is 23.2. The Balaban J connectivity index is 0.999. The molecule has 0 radical (unpaired) electrons. The SMILES string of the molecule is COc1ccc2c3c1O[C@H]1C[C@@H](O)C=C[C@@]31CCN(CCCCN[C@]13C[C@@H]4C[C@@](C)(C[C@@](C)(C4)C1)C3)C2. The van der Waals surface area contributed by atoms with Gasteiger partial charge in [0.1, 0.15) is 6.10 Å². The molecule has 8 rings (SSSR count). The molecule has 0 unspecified atom stereocenters. The smallest absolute Gasteiger partial charge is 0.166 e. The van der Waals surface area contributed by atoms with E-state index >= 15 is 0 Å². The van der Waals surface area contributed by atoms with Gasteiger partial charge in [-0.15, -0.1) is 0 Å². The Hall–Kier alpha value is -1.56. The number of hydrogen-bond acceptors (Lipinski definition) is 5. The van der Waals surface area contributed by atoms with E-state index in [1.807, 2.05) is 6.08 Å². The molecule has 4 fully saturated rings. The van der Waals surface area contributed by atoms with E-state index in [-0.39, 0.29) is 11.5 Å². The van der Waals surface area contributed by atoms with Crippen LogP contribution in [0.3, 0.4) is 0 Å². The molecule has 4 bridgehead atoms. The number of aliphatic hydroxyl groups excluding tert-OH is 1. The third-order valence-electron chi connectivity index (χ3n) is 11.1. The molecular weight excluding hydrogens is 460 g/mol. The van der Waals surface area contributed by atoms with Gasteiger partial charge in [0.15, 0.2) is 11.5 Å². The van der Waals surface area contributed by atoms with Crippen molar-refractivity contribution in [3.63, 3.8) is 0 Å². The van der Waals surface area contributed by atoms with Gasteiger partial charge in [-0.2, -0.15) is 0 Å². The summed E-state index contributed by atoms with van der Waals surface area (Å²) in [7, 11) is 1.72. The van der Waals surface area contributed by atoms with Crippen molar-refractivity contribution in [3.8, 4) is 11.5 Å². The number of hydrogen-bond donors (Lipinski definition) is 2. The van der Waals surface area contributed by atoms with E-state index in [1.54, 1.807) is 7.11 Å². The largest absolute Gasteiger partial charge is 0.493 e. The van der Waals surface area contributed by atoms with E-state index in [2.05, 4.69) is 42.3 Å². The first-order valence-corrected chi connectivity index (χ1v) is 14.9. The van der Waals surface area contributed by atoms with E-state index in [4.69, 9.17) is 9.47 Å². The Labute approximate surface area is 223 Å². The number of unbranched alkanes of at least 4 members (excludes halogenated alkanes) is 1. The number of methoxy groups -OCH3 is 1. The van der Waals surface area contributed by atoms with E-state index in [9.17, 15) is 5.11 Å². The number of nitrogens with zero attached hydrogens (tertiary/aromatic N) is 1. The minimum atomic E-state index is -0.426. The number of nitrogens with one attached hydrogen (secondary N) is 1. The highest BCUT2D eigenvalue weighted by atomic mass is 16.5. The average molecular weight is 507 g/mol. The fourth-order valence-electron chi connectivity index (χ4n) is 10.6. The van der Waals surface area contributed by atoms with Gasteiger partial charge < -0.3 is 19.9 Å². The summed E-state index contributed by atoms with van der Waals surface area (Å²) in [6.07, 6.45) is 16.6. The van der Waals surface area contributed by atoms with Crippen LogP contribution in [-0.2, 0) is 12.0 Å². The molecule has 1 aromatic rings. The van der Waals surface area contributed by atoms with Crippen LogP contribution in [0, 0.1) is 16.7 Å². The minimum Gasteiger partial charge on any atom is -0.493 e. The summed E-state index contributed by atoms with van der Waals surface area (Å²) in [5.41, 5.74) is 4.11. The van der Waals surface area contributed by atoms with Gasteiger partial charge in [0, 0.05) is 24.1 Å². The fourth-order valence-corrected chi connectivity index (χ4v) is 10.6. The van der Waals surface area contributed by atoms with Crippen molar-refractivity contribution >= 4 is 0 Å². The molecule has 7 atom stereocenters. The van der Waals surface area contributed by atoms with Gasteiger partial charge in [-0.1, -0.05) is 32.1 Å². The lowest BCUT2D eigenvalue weighted by Gasteiger charge is -2.65. The molecule has 202 valence electrons. The highest BCUT2D eigenvalue weighted by Crippen LogP contribution is 2.66. The van der Waals surface area contributed by atoms with Crippen molar-refractivity contribution < 1.29 is 14.6 Å². The molecule has 0 saturated heterocycles. The number of benzene rings is 1. The second kappa shape index (κ2) is 8.47. The first kappa shape index (κ1) is 24.5. The molecule has 1 aromatic carbocycles. The predicted molar refractivity (Wildman–Crippen MR) is 146 cm³/mol. The lowest BCUT2D eigenvalue weighted by atomic mass is 9.43. The van der Waals surface area contributed by atoms with Crippen molar-refractivity contribution in [2.45, 2.75) is 108 Å². The average Bonchev–Trinajstić information content (AvgIpc) is 3.05. The summed E-state index contributed by atoms with van der Waals surface area (Å²) >= 11 is 0. The van der Waals surface area contributed by atoms with Crippen LogP contribution in [0.15, 0.2) is 24.3 Å². The maximum absolute atomic E-state index is 10.3. The standard InChI is InChI=1S/C32H46N2O3/c1-29-15-22-16-30(2,19-29)21-31(17-22,20-29)33-11-4-5-12-34-13-10-32-9-8-24(35)14-26(32)37-28-25(36-3)7-6-23(18-34)27(28)32/h6-9,22,24,26,33,35H,4-5,10-21H2,1-3H3/t22-,24-,26-,29+,30-,31+,32-/m0/s1. The Kier molecular flexibility index (Phi) is 5.60. The highest BCUT2D eigenvalue weighted by molar-refractivity contribution is 5.61. The number of ether oxygens (including phenoxy) is 2. The maximum atomic E-state index is 10.3. The van der Waals surface area contributed by atoms with Crippen LogP contribution in [0.4, 0.5) is 0 Å². The molecule has 2 aliphatic heterocycles. The van der Waals surface area contributed by atoms with Crippen molar-refractivity contribution in [2.75, 3.05) is 26.7 Å². The summed E-state index contributed by atoms with van der Waals surface area (Å²) in [6.45, 7) is 9.48. The molecule has 0 aromatic heterocycles. The van der Waals surface area contributed by atoms with Crippen molar-refractivity contribution in [1.29, 1.82) is 0 Å². The van der Waals surface area contributed by atoms with E-state index in [0.717, 1.165) is 50.0 Å². The van der Waals surface area contributed by atoms with Gasteiger partial charge in [-0.05, 0) is 106 Å². The molecular formula is C32H46N2O3. The molecule has 1 spiro atoms.